The van der Waals surface area contributed by atoms with Crippen LogP contribution in [0.5, 0.6) is 11.5 Å². The van der Waals surface area contributed by atoms with Crippen molar-refractivity contribution in [2.45, 2.75) is 70.1 Å². The number of hydrogen-bond donors (Lipinski definition) is 2. The summed E-state index contributed by atoms with van der Waals surface area (Å²) in [6, 6.07) is 3.32. The summed E-state index contributed by atoms with van der Waals surface area (Å²) in [6.07, 6.45) is 13.1. The molecule has 46 heavy (non-hydrogen) atoms. The van der Waals surface area contributed by atoms with E-state index in [-0.39, 0.29) is 25.4 Å². The number of carboxylic acids is 1. The number of hydrogen-bond acceptors (Lipinski definition) is 8. The van der Waals surface area contributed by atoms with Crippen molar-refractivity contribution in [3.05, 3.63) is 47.0 Å². The van der Waals surface area contributed by atoms with Crippen LogP contribution in [0.15, 0.2) is 35.7 Å². The van der Waals surface area contributed by atoms with Gasteiger partial charge in [-0.3, -0.25) is 9.69 Å². The highest BCUT2D eigenvalue weighted by molar-refractivity contribution is 7.13. The maximum Gasteiger partial charge on any atom is 0.467 e. The summed E-state index contributed by atoms with van der Waals surface area (Å²) in [6.45, 7) is 2.75. The monoisotopic (exact) mass is 645 g/mol. The number of benzene rings is 1. The summed E-state index contributed by atoms with van der Waals surface area (Å²) in [7, 11) is 3.34. The fourth-order valence-electron chi connectivity index (χ4n) is 5.91. The first-order chi connectivity index (χ1) is 22.2. The van der Waals surface area contributed by atoms with Crippen molar-refractivity contribution < 1.29 is 29.0 Å². The predicted octanol–water partition coefficient (Wildman–Crippen LogP) is 4.85. The molecule has 2 aromatic heterocycles. The van der Waals surface area contributed by atoms with Gasteiger partial charge in [-0.05, 0) is 57.1 Å². The zero-order valence-corrected chi connectivity index (χ0v) is 27.1. The van der Waals surface area contributed by atoms with E-state index in [2.05, 4.69) is 16.2 Å². The van der Waals surface area contributed by atoms with Gasteiger partial charge in [-0.2, -0.15) is 0 Å². The zero-order valence-electron chi connectivity index (χ0n) is 26.3. The lowest BCUT2D eigenvalue weighted by atomic mass is 9.97. The number of terminal acetylenes is 1. The lowest BCUT2D eigenvalue weighted by Gasteiger charge is -2.32. The minimum atomic E-state index is -1.11. The van der Waals surface area contributed by atoms with Crippen molar-refractivity contribution in [3.8, 4) is 34.5 Å². The molecule has 4 heterocycles. The third-order valence-corrected chi connectivity index (χ3v) is 9.34. The van der Waals surface area contributed by atoms with E-state index >= 15 is 0 Å². The summed E-state index contributed by atoms with van der Waals surface area (Å²) in [5.41, 5.74) is 2.62. The van der Waals surface area contributed by atoms with Crippen molar-refractivity contribution in [2.75, 3.05) is 27.2 Å². The van der Waals surface area contributed by atoms with E-state index in [1.165, 1.54) is 11.3 Å². The molecule has 3 aromatic rings. The van der Waals surface area contributed by atoms with Gasteiger partial charge in [0.2, 0.25) is 6.04 Å². The molecule has 12 heteroatoms. The van der Waals surface area contributed by atoms with Crippen LogP contribution in [0.25, 0.3) is 21.6 Å². The second-order valence-corrected chi connectivity index (χ2v) is 12.5. The predicted molar refractivity (Wildman–Crippen MR) is 176 cm³/mol. The number of pyridine rings is 1. The van der Waals surface area contributed by atoms with Gasteiger partial charge in [0.1, 0.15) is 46.6 Å². The van der Waals surface area contributed by atoms with Gasteiger partial charge in [0.15, 0.2) is 0 Å². The maximum atomic E-state index is 13.7. The Morgan fingerprint density at radius 3 is 2.72 bits per heavy atom. The summed E-state index contributed by atoms with van der Waals surface area (Å²) in [5.74, 6) is 2.17. The summed E-state index contributed by atoms with van der Waals surface area (Å²) in [5, 5.41) is 15.8. The second kappa shape index (κ2) is 14.7. The minimum Gasteiger partial charge on any atom is -0.496 e. The number of fused-ring (bicyclic) bond motifs is 2. The van der Waals surface area contributed by atoms with E-state index < -0.39 is 30.1 Å². The second-order valence-electron chi connectivity index (χ2n) is 11.6. The van der Waals surface area contributed by atoms with Gasteiger partial charge in [-0.25, -0.2) is 19.6 Å². The molecular weight excluding hydrogens is 606 g/mol. The number of carbonyl (C=O) groups excluding carboxylic acids is 2. The molecule has 0 saturated carbocycles. The first-order valence-electron chi connectivity index (χ1n) is 15.5. The first kappa shape index (κ1) is 32.9. The van der Waals surface area contributed by atoms with Gasteiger partial charge in [-0.15, -0.1) is 17.8 Å². The Morgan fingerprint density at radius 2 is 1.98 bits per heavy atom. The van der Waals surface area contributed by atoms with E-state index in [1.54, 1.807) is 29.3 Å². The Hall–Kier alpha value is -4.47. The number of methoxy groups -OCH3 is 1. The number of aryl methyl sites for hydroxylation is 1. The number of aromatic nitrogens is 2. The molecule has 11 nitrogen and oxygen atoms in total. The molecule has 3 amide bonds. The third-order valence-electron chi connectivity index (χ3n) is 8.48. The maximum absolute atomic E-state index is 13.7. The van der Waals surface area contributed by atoms with Crippen LogP contribution in [0, 0.1) is 19.3 Å². The molecule has 1 unspecified atom stereocenters. The number of amides is 3. The van der Waals surface area contributed by atoms with E-state index in [1.807, 2.05) is 37.3 Å². The Bertz CT molecular complexity index is 1680. The summed E-state index contributed by atoms with van der Waals surface area (Å²) < 4.78 is 12.2. The number of allylic oxidation sites excluding steroid dienone is 2. The van der Waals surface area contributed by atoms with E-state index in [0.29, 0.717) is 52.8 Å². The molecule has 2 aliphatic heterocycles. The molecule has 0 spiro atoms. The zero-order chi connectivity index (χ0) is 32.8. The molecule has 1 aromatic carbocycles. The van der Waals surface area contributed by atoms with Crippen LogP contribution < -0.4 is 19.7 Å². The van der Waals surface area contributed by atoms with Crippen molar-refractivity contribution >= 4 is 40.1 Å². The number of nitrogens with zero attached hydrogens (tertiary/aromatic N) is 4. The minimum absolute atomic E-state index is 0.185. The van der Waals surface area contributed by atoms with Crippen molar-refractivity contribution in [1.29, 1.82) is 0 Å². The molecule has 1 fully saturated rings. The fourth-order valence-corrected chi connectivity index (χ4v) is 6.63. The molecule has 1 saturated heterocycles. The number of rotatable bonds is 5. The number of urea groups is 1. The number of carboxylic acid groups (broad SMARTS) is 1. The molecule has 241 valence electrons. The van der Waals surface area contributed by atoms with Crippen molar-refractivity contribution in [1.82, 2.24) is 25.1 Å². The number of piperidine rings is 1. The molecule has 2 N–H and O–H groups in total. The summed E-state index contributed by atoms with van der Waals surface area (Å²) in [4.78, 5) is 52.0. The Morgan fingerprint density at radius 1 is 1.17 bits per heavy atom. The third kappa shape index (κ3) is 7.32. The van der Waals surface area contributed by atoms with Crippen LogP contribution in [0.3, 0.4) is 0 Å². The Balaban J connectivity index is 1.48. The molecule has 1 radical (unpaired) electrons. The number of nitrogens with one attached hydrogen (secondary N) is 1. The Labute approximate surface area is 272 Å². The number of ether oxygens (including phenoxy) is 2. The molecule has 3 atom stereocenters. The SMILES string of the molecule is C#Cc1csc(-c2cc(O[C@@H]3CC[N+]4C(=O)N(C)CCCCC=CCC[C@H](C(=O)O)NC(=O)C4C3)c3ccc(OC)c(C)c3n2)n1. The van der Waals surface area contributed by atoms with Crippen LogP contribution in [0.1, 0.15) is 56.2 Å². The highest BCUT2D eigenvalue weighted by atomic mass is 32.1. The van der Waals surface area contributed by atoms with Crippen LogP contribution in [-0.4, -0.2) is 83.3 Å². The van der Waals surface area contributed by atoms with E-state index in [0.717, 1.165) is 30.2 Å². The van der Waals surface area contributed by atoms with Crippen molar-refractivity contribution in [2.24, 2.45) is 0 Å². The average molecular weight is 646 g/mol. The highest BCUT2D eigenvalue weighted by Crippen LogP contribution is 2.37. The normalized spacial score (nSPS) is 21.9. The number of thiazole rings is 1. The number of aliphatic carboxylic acids is 1. The molecule has 2 aliphatic rings. The van der Waals surface area contributed by atoms with Gasteiger partial charge >= 0.3 is 12.0 Å². The standard InChI is InChI=1S/C34H39N5O6S/c1-5-22-20-46-32(35-22)26-19-29(24-13-14-28(44-4)21(2)30(24)36-26)45-23-15-17-39-27(18-23)31(40)37-25(33(41)42)12-10-8-6-7-9-11-16-38(3)34(39)43/h1,6,8,13-14,19-20,23,25,27H,7,9-12,15-18H2,2-4H3,(H,37,40)(H,41,42)/q+1/t23-,25-,27?/m1/s1. The smallest absolute Gasteiger partial charge is 0.467 e. The van der Waals surface area contributed by atoms with Gasteiger partial charge in [-0.1, -0.05) is 17.1 Å². The molecule has 5 rings (SSSR count). The highest BCUT2D eigenvalue weighted by Gasteiger charge is 2.48. The lowest BCUT2D eigenvalue weighted by molar-refractivity contribution is -0.142. The lowest BCUT2D eigenvalue weighted by Crippen LogP contribution is -2.62. The van der Waals surface area contributed by atoms with Gasteiger partial charge < -0.3 is 19.9 Å². The van der Waals surface area contributed by atoms with Crippen molar-refractivity contribution in [3.63, 3.8) is 0 Å². The topological polar surface area (TPSA) is 137 Å². The quantitative estimate of drug-likeness (QED) is 0.228. The van der Waals surface area contributed by atoms with Crippen LogP contribution in [0.4, 0.5) is 4.79 Å². The van der Waals surface area contributed by atoms with Crippen LogP contribution in [-0.2, 0) is 9.59 Å². The van der Waals surface area contributed by atoms with Gasteiger partial charge in [0.25, 0.3) is 5.91 Å². The largest absolute Gasteiger partial charge is 0.496 e. The number of carbonyl (C=O) groups is 3. The molecule has 0 aliphatic carbocycles. The molecule has 0 bridgehead atoms. The Kier molecular flexibility index (Phi) is 10.6. The van der Waals surface area contributed by atoms with Crippen LogP contribution in [0.2, 0.25) is 0 Å². The van der Waals surface area contributed by atoms with E-state index in [9.17, 15) is 19.5 Å². The summed E-state index contributed by atoms with van der Waals surface area (Å²) >= 11 is 1.38. The first-order valence-corrected chi connectivity index (χ1v) is 16.4. The average Bonchev–Trinajstić information content (AvgIpc) is 3.54. The van der Waals surface area contributed by atoms with Gasteiger partial charge in [0.05, 0.1) is 19.0 Å². The molecular formula is C34H39N5O6S+. The van der Waals surface area contributed by atoms with E-state index in [4.69, 9.17) is 20.9 Å². The van der Waals surface area contributed by atoms with Gasteiger partial charge in [0, 0.05) is 42.4 Å². The van der Waals surface area contributed by atoms with Crippen LogP contribution >= 0.6 is 11.3 Å². The fraction of sp³-hybridized carbons (Fsp3) is 0.441.